The first-order chi connectivity index (χ1) is 9.66. The third kappa shape index (κ3) is 4.58. The second-order valence-corrected chi connectivity index (χ2v) is 6.46. The van der Waals surface area contributed by atoms with Crippen LogP contribution in [0.1, 0.15) is 28.1 Å². The number of nitrogens with zero attached hydrogens (tertiary/aromatic N) is 2. The summed E-state index contributed by atoms with van der Waals surface area (Å²) in [6, 6.07) is 1.99. The maximum Gasteiger partial charge on any atom is 0.261 e. The highest BCUT2D eigenvalue weighted by atomic mass is 32.1. The zero-order chi connectivity index (χ0) is 14.4. The lowest BCUT2D eigenvalue weighted by atomic mass is 10.2. The van der Waals surface area contributed by atoms with Gasteiger partial charge in [0.05, 0.1) is 4.88 Å². The molecule has 0 bridgehead atoms. The van der Waals surface area contributed by atoms with Gasteiger partial charge in [0.25, 0.3) is 5.91 Å². The average Bonchev–Trinajstić information content (AvgIpc) is 2.86. The van der Waals surface area contributed by atoms with Crippen LogP contribution in [0.5, 0.6) is 0 Å². The molecule has 0 unspecified atom stereocenters. The van der Waals surface area contributed by atoms with Crippen molar-refractivity contribution in [2.24, 2.45) is 0 Å². The predicted molar refractivity (Wildman–Crippen MR) is 84.6 cm³/mol. The number of hydrogen-bond donors (Lipinski definition) is 1. The summed E-state index contributed by atoms with van der Waals surface area (Å²) in [4.78, 5) is 17.7. The molecule has 1 aromatic heterocycles. The molecule has 4 nitrogen and oxygen atoms in total. The first-order valence-electron chi connectivity index (χ1n) is 7.40. The molecule has 20 heavy (non-hydrogen) atoms. The summed E-state index contributed by atoms with van der Waals surface area (Å²) < 4.78 is 0. The van der Waals surface area contributed by atoms with Crippen molar-refractivity contribution in [3.05, 3.63) is 21.9 Å². The van der Waals surface area contributed by atoms with E-state index in [1.54, 1.807) is 0 Å². The lowest BCUT2D eigenvalue weighted by molar-refractivity contribution is 0.0955. The Kier molecular flexibility index (Phi) is 6.01. The molecule has 0 aliphatic carbocycles. The lowest BCUT2D eigenvalue weighted by Gasteiger charge is -2.32. The largest absolute Gasteiger partial charge is 0.351 e. The Morgan fingerprint density at radius 1 is 1.30 bits per heavy atom. The molecule has 2 rings (SSSR count). The van der Waals surface area contributed by atoms with Crippen molar-refractivity contribution in [3.8, 4) is 0 Å². The van der Waals surface area contributed by atoms with E-state index in [-0.39, 0.29) is 5.91 Å². The fourth-order valence-electron chi connectivity index (χ4n) is 2.42. The number of hydrogen-bond acceptors (Lipinski definition) is 4. The number of carbonyl (C=O) groups is 1. The van der Waals surface area contributed by atoms with Gasteiger partial charge in [0.15, 0.2) is 0 Å². The first-order valence-corrected chi connectivity index (χ1v) is 8.28. The van der Waals surface area contributed by atoms with Crippen LogP contribution in [0.2, 0.25) is 0 Å². The van der Waals surface area contributed by atoms with Gasteiger partial charge in [0.1, 0.15) is 0 Å². The van der Waals surface area contributed by atoms with Crippen LogP contribution in [0.4, 0.5) is 0 Å². The van der Waals surface area contributed by atoms with Gasteiger partial charge < -0.3 is 15.1 Å². The molecular formula is C15H25N3OS. The number of rotatable bonds is 6. The van der Waals surface area contributed by atoms with Gasteiger partial charge in [-0.25, -0.2) is 0 Å². The smallest absolute Gasteiger partial charge is 0.261 e. The highest BCUT2D eigenvalue weighted by molar-refractivity contribution is 7.12. The van der Waals surface area contributed by atoms with E-state index in [2.05, 4.69) is 22.2 Å². The molecule has 2 heterocycles. The van der Waals surface area contributed by atoms with E-state index in [4.69, 9.17) is 0 Å². The minimum Gasteiger partial charge on any atom is -0.351 e. The van der Waals surface area contributed by atoms with Gasteiger partial charge in [-0.3, -0.25) is 4.79 Å². The number of carbonyl (C=O) groups excluding carboxylic acids is 1. The molecule has 0 saturated carbocycles. The molecule has 5 heteroatoms. The topological polar surface area (TPSA) is 35.6 Å². The van der Waals surface area contributed by atoms with Gasteiger partial charge in [-0.2, -0.15) is 0 Å². The van der Waals surface area contributed by atoms with Crippen LogP contribution < -0.4 is 5.32 Å². The Hall–Kier alpha value is -0.910. The Balaban J connectivity index is 1.56. The normalized spacial score (nSPS) is 17.3. The molecule has 0 spiro atoms. The Labute approximate surface area is 125 Å². The van der Waals surface area contributed by atoms with E-state index in [9.17, 15) is 4.79 Å². The van der Waals surface area contributed by atoms with Crippen LogP contribution in [-0.2, 0) is 0 Å². The molecular weight excluding hydrogens is 270 g/mol. The Morgan fingerprint density at radius 3 is 2.70 bits per heavy atom. The van der Waals surface area contributed by atoms with Gasteiger partial charge in [-0.1, -0.05) is 0 Å². The van der Waals surface area contributed by atoms with Crippen molar-refractivity contribution in [1.29, 1.82) is 0 Å². The monoisotopic (exact) mass is 295 g/mol. The molecule has 1 N–H and O–H groups in total. The molecule has 1 amide bonds. The molecule has 112 valence electrons. The molecule has 1 aromatic rings. The molecule has 1 aliphatic heterocycles. The van der Waals surface area contributed by atoms with Crippen LogP contribution in [-0.4, -0.2) is 62.0 Å². The second-order valence-electron chi connectivity index (χ2n) is 5.54. The summed E-state index contributed by atoms with van der Waals surface area (Å²) in [5.41, 5.74) is 1.07. The highest BCUT2D eigenvalue weighted by Gasteiger charge is 2.13. The van der Waals surface area contributed by atoms with Crippen LogP contribution in [0, 0.1) is 6.92 Å². The van der Waals surface area contributed by atoms with Crippen molar-refractivity contribution < 1.29 is 4.79 Å². The van der Waals surface area contributed by atoms with E-state index in [1.165, 1.54) is 37.5 Å². The second kappa shape index (κ2) is 7.76. The minimum atomic E-state index is 0.0806. The zero-order valence-electron chi connectivity index (χ0n) is 12.5. The summed E-state index contributed by atoms with van der Waals surface area (Å²) in [6.45, 7) is 8.63. The van der Waals surface area contributed by atoms with Crippen molar-refractivity contribution in [3.63, 3.8) is 0 Å². The summed E-state index contributed by atoms with van der Waals surface area (Å²) in [5, 5.41) is 4.99. The Bertz CT molecular complexity index is 425. The maximum atomic E-state index is 11.9. The van der Waals surface area contributed by atoms with E-state index in [0.717, 1.165) is 36.4 Å². The van der Waals surface area contributed by atoms with Crippen molar-refractivity contribution >= 4 is 17.2 Å². The predicted octanol–water partition coefficient (Wildman–Crippen LogP) is 1.81. The Morgan fingerprint density at radius 2 is 2.05 bits per heavy atom. The van der Waals surface area contributed by atoms with Crippen molar-refractivity contribution in [2.45, 2.75) is 19.8 Å². The lowest BCUT2D eigenvalue weighted by Crippen LogP contribution is -2.44. The number of amides is 1. The van der Waals surface area contributed by atoms with Crippen LogP contribution in [0.3, 0.4) is 0 Å². The third-order valence-electron chi connectivity index (χ3n) is 3.85. The molecule has 1 saturated heterocycles. The maximum absolute atomic E-state index is 11.9. The van der Waals surface area contributed by atoms with Crippen LogP contribution in [0.25, 0.3) is 0 Å². The average molecular weight is 295 g/mol. The molecule has 1 fully saturated rings. The molecule has 0 atom stereocenters. The quantitative estimate of drug-likeness (QED) is 0.813. The van der Waals surface area contributed by atoms with E-state index in [0.29, 0.717) is 0 Å². The van der Waals surface area contributed by atoms with Gasteiger partial charge in [0.2, 0.25) is 0 Å². The highest BCUT2D eigenvalue weighted by Crippen LogP contribution is 2.14. The van der Waals surface area contributed by atoms with E-state index in [1.807, 2.05) is 18.4 Å². The number of piperazine rings is 1. The number of thiophene rings is 1. The van der Waals surface area contributed by atoms with Crippen LogP contribution >= 0.6 is 11.3 Å². The fraction of sp³-hybridized carbons (Fsp3) is 0.667. The SMILES string of the molecule is Cc1ccsc1C(=O)NCCCCN1CCN(C)CC1. The number of unbranched alkanes of at least 4 members (excludes halogenated alkanes) is 1. The third-order valence-corrected chi connectivity index (χ3v) is 4.87. The fourth-order valence-corrected chi connectivity index (χ4v) is 3.26. The van der Waals surface area contributed by atoms with Gasteiger partial charge in [0, 0.05) is 32.7 Å². The van der Waals surface area contributed by atoms with Crippen molar-refractivity contribution in [1.82, 2.24) is 15.1 Å². The molecule has 0 aromatic carbocycles. The van der Waals surface area contributed by atoms with Gasteiger partial charge in [-0.05, 0) is 50.4 Å². The minimum absolute atomic E-state index is 0.0806. The zero-order valence-corrected chi connectivity index (χ0v) is 13.3. The standard InChI is InChI=1S/C15H25N3OS/c1-13-5-12-20-14(13)15(19)16-6-3-4-7-18-10-8-17(2)9-11-18/h5,12H,3-4,6-11H2,1-2H3,(H,16,19). The summed E-state index contributed by atoms with van der Waals surface area (Å²) in [5.74, 6) is 0.0806. The number of nitrogens with one attached hydrogen (secondary N) is 1. The van der Waals surface area contributed by atoms with E-state index < -0.39 is 0 Å². The van der Waals surface area contributed by atoms with Crippen molar-refractivity contribution in [2.75, 3.05) is 46.3 Å². The summed E-state index contributed by atoms with van der Waals surface area (Å²) in [6.07, 6.45) is 2.22. The number of likely N-dealkylation sites (N-methyl/N-ethyl adjacent to an activating group) is 1. The van der Waals surface area contributed by atoms with Crippen LogP contribution in [0.15, 0.2) is 11.4 Å². The molecule has 1 aliphatic rings. The van der Waals surface area contributed by atoms with Gasteiger partial charge in [-0.15, -0.1) is 11.3 Å². The summed E-state index contributed by atoms with van der Waals surface area (Å²) >= 11 is 1.52. The first kappa shape index (κ1) is 15.5. The number of aryl methyl sites for hydroxylation is 1. The summed E-state index contributed by atoms with van der Waals surface area (Å²) in [7, 11) is 2.18. The van der Waals surface area contributed by atoms with E-state index >= 15 is 0 Å². The molecule has 0 radical (unpaired) electrons. The van der Waals surface area contributed by atoms with Gasteiger partial charge >= 0.3 is 0 Å².